The third-order valence-electron chi connectivity index (χ3n) is 2.71. The summed E-state index contributed by atoms with van der Waals surface area (Å²) in [6, 6.07) is 0. The largest absolute Gasteiger partial charge is 0.349 e. The topological polar surface area (TPSA) is 39.1 Å². The van der Waals surface area contributed by atoms with Gasteiger partial charge in [-0.2, -0.15) is 0 Å². The summed E-state index contributed by atoms with van der Waals surface area (Å²) in [6.07, 6.45) is 0. The van der Waals surface area contributed by atoms with Crippen molar-refractivity contribution in [2.45, 2.75) is 13.8 Å². The first-order valence-corrected chi connectivity index (χ1v) is 5.78. The predicted octanol–water partition coefficient (Wildman–Crippen LogP) is 0.0880. The zero-order chi connectivity index (χ0) is 12.1. The first kappa shape index (κ1) is 12.8. The van der Waals surface area contributed by atoms with E-state index in [9.17, 15) is 4.79 Å². The zero-order valence-electron chi connectivity index (χ0n) is 10.7. The van der Waals surface area contributed by atoms with E-state index in [0.29, 0.717) is 0 Å². The number of rotatable bonds is 1. The number of amides is 1. The van der Waals surface area contributed by atoms with Gasteiger partial charge in [0.1, 0.15) is 0 Å². The molecule has 92 valence electrons. The van der Waals surface area contributed by atoms with Crippen LogP contribution in [0.4, 0.5) is 0 Å². The van der Waals surface area contributed by atoms with E-state index >= 15 is 0 Å². The summed E-state index contributed by atoms with van der Waals surface area (Å²) < 4.78 is 0. The highest BCUT2D eigenvalue weighted by Crippen LogP contribution is 2.04. The molecule has 1 aliphatic rings. The maximum atomic E-state index is 11.2. The lowest BCUT2D eigenvalue weighted by molar-refractivity contribution is -0.130. The van der Waals surface area contributed by atoms with Crippen molar-refractivity contribution < 1.29 is 4.79 Å². The number of nitrogens with zero attached hydrogens (tertiary/aromatic N) is 4. The second-order valence-corrected chi connectivity index (χ2v) is 4.16. The van der Waals surface area contributed by atoms with E-state index < -0.39 is 0 Å². The normalized spacial score (nSPS) is 17.6. The zero-order valence-corrected chi connectivity index (χ0v) is 10.7. The third kappa shape index (κ3) is 3.12. The number of carbonyl (C=O) groups excluding carboxylic acids is 1. The molecule has 0 saturated carbocycles. The second kappa shape index (κ2) is 5.72. The molecule has 1 aliphatic heterocycles. The van der Waals surface area contributed by atoms with Crippen molar-refractivity contribution in [1.82, 2.24) is 14.7 Å². The fraction of sp³-hybridized carbons (Fsp3) is 0.818. The molecule has 1 amide bonds. The molecule has 0 N–H and O–H groups in total. The molecule has 0 unspecified atom stereocenters. The van der Waals surface area contributed by atoms with Gasteiger partial charge in [-0.1, -0.05) is 0 Å². The Hall–Kier alpha value is -1.26. The van der Waals surface area contributed by atoms with Crippen LogP contribution in [0.5, 0.6) is 0 Å². The van der Waals surface area contributed by atoms with Gasteiger partial charge in [0, 0.05) is 53.7 Å². The van der Waals surface area contributed by atoms with Crippen LogP contribution in [0, 0.1) is 0 Å². The van der Waals surface area contributed by atoms with Gasteiger partial charge in [-0.15, -0.1) is 0 Å². The van der Waals surface area contributed by atoms with Crippen LogP contribution >= 0.6 is 0 Å². The van der Waals surface area contributed by atoms with Crippen LogP contribution < -0.4 is 0 Å². The Balaban J connectivity index is 2.58. The molecule has 0 bridgehead atoms. The molecule has 16 heavy (non-hydrogen) atoms. The fourth-order valence-electron chi connectivity index (χ4n) is 1.89. The lowest BCUT2D eigenvalue weighted by Crippen LogP contribution is -2.53. The number of hydrogen-bond donors (Lipinski definition) is 0. The summed E-state index contributed by atoms with van der Waals surface area (Å²) in [5, 5.41) is 0. The van der Waals surface area contributed by atoms with Crippen molar-refractivity contribution in [1.29, 1.82) is 0 Å². The summed E-state index contributed by atoms with van der Waals surface area (Å²) in [6.45, 7) is 7.80. The molecule has 0 spiro atoms. The summed E-state index contributed by atoms with van der Waals surface area (Å²) >= 11 is 0. The van der Waals surface area contributed by atoms with Crippen LogP contribution in [0.1, 0.15) is 13.8 Å². The van der Waals surface area contributed by atoms with Gasteiger partial charge in [-0.05, 0) is 6.92 Å². The Labute approximate surface area is 97.7 Å². The minimum absolute atomic E-state index is 0.165. The molecule has 0 radical (unpaired) electrons. The quantitative estimate of drug-likeness (QED) is 0.470. The molecule has 0 aromatic heterocycles. The van der Waals surface area contributed by atoms with E-state index in [1.165, 1.54) is 0 Å². The number of aliphatic imine (C=N–C) groups is 1. The molecule has 1 heterocycles. The van der Waals surface area contributed by atoms with Crippen LogP contribution in [0.25, 0.3) is 0 Å². The molecule has 5 nitrogen and oxygen atoms in total. The highest BCUT2D eigenvalue weighted by atomic mass is 16.2. The van der Waals surface area contributed by atoms with Crippen LogP contribution in [0.3, 0.4) is 0 Å². The molecule has 1 saturated heterocycles. The maximum absolute atomic E-state index is 11.2. The summed E-state index contributed by atoms with van der Waals surface area (Å²) in [5.74, 6) is 1.18. The van der Waals surface area contributed by atoms with Gasteiger partial charge < -0.3 is 14.7 Å². The minimum Gasteiger partial charge on any atom is -0.349 e. The molecule has 1 fully saturated rings. The second-order valence-electron chi connectivity index (χ2n) is 4.16. The van der Waals surface area contributed by atoms with Gasteiger partial charge in [0.15, 0.2) is 5.96 Å². The first-order chi connectivity index (χ1) is 7.56. The standard InChI is InChI=1S/C11H22N4O/c1-5-12-11(13(3)4)15-8-6-14(7-9-15)10(2)16/h5-9H2,1-4H3. The van der Waals surface area contributed by atoms with E-state index in [-0.39, 0.29) is 5.91 Å². The minimum atomic E-state index is 0.165. The van der Waals surface area contributed by atoms with E-state index in [4.69, 9.17) is 0 Å². The van der Waals surface area contributed by atoms with Crippen molar-refractivity contribution in [3.05, 3.63) is 0 Å². The van der Waals surface area contributed by atoms with Crippen molar-refractivity contribution in [2.24, 2.45) is 4.99 Å². The highest BCUT2D eigenvalue weighted by molar-refractivity contribution is 5.80. The van der Waals surface area contributed by atoms with Crippen LogP contribution in [0.15, 0.2) is 4.99 Å². The molecule has 0 aromatic carbocycles. The Morgan fingerprint density at radius 1 is 1.19 bits per heavy atom. The Bertz CT molecular complexity index is 267. The Morgan fingerprint density at radius 2 is 1.69 bits per heavy atom. The SMILES string of the molecule is CCN=C(N(C)C)N1CCN(C(C)=O)CC1. The number of hydrogen-bond acceptors (Lipinski definition) is 2. The van der Waals surface area contributed by atoms with Crippen LogP contribution in [0.2, 0.25) is 0 Å². The Morgan fingerprint density at radius 3 is 2.06 bits per heavy atom. The fourth-order valence-corrected chi connectivity index (χ4v) is 1.89. The highest BCUT2D eigenvalue weighted by Gasteiger charge is 2.21. The monoisotopic (exact) mass is 226 g/mol. The van der Waals surface area contributed by atoms with Crippen LogP contribution in [-0.4, -0.2) is 73.4 Å². The molecular formula is C11H22N4O. The molecule has 0 atom stereocenters. The predicted molar refractivity (Wildman–Crippen MR) is 65.5 cm³/mol. The lowest BCUT2D eigenvalue weighted by Gasteiger charge is -2.37. The average molecular weight is 226 g/mol. The lowest BCUT2D eigenvalue weighted by atomic mass is 10.3. The maximum Gasteiger partial charge on any atom is 0.219 e. The number of guanidine groups is 1. The summed E-state index contributed by atoms with van der Waals surface area (Å²) in [4.78, 5) is 21.8. The summed E-state index contributed by atoms with van der Waals surface area (Å²) in [5.41, 5.74) is 0. The molecule has 0 aromatic rings. The molecule has 1 rings (SSSR count). The van der Waals surface area contributed by atoms with Gasteiger partial charge in [0.2, 0.25) is 5.91 Å². The molecule has 0 aliphatic carbocycles. The Kier molecular flexibility index (Phi) is 4.58. The summed E-state index contributed by atoms with van der Waals surface area (Å²) in [7, 11) is 4.01. The van der Waals surface area contributed by atoms with Gasteiger partial charge in [-0.3, -0.25) is 9.79 Å². The molecular weight excluding hydrogens is 204 g/mol. The smallest absolute Gasteiger partial charge is 0.219 e. The van der Waals surface area contributed by atoms with Gasteiger partial charge in [0.25, 0.3) is 0 Å². The van der Waals surface area contributed by atoms with Gasteiger partial charge >= 0.3 is 0 Å². The van der Waals surface area contributed by atoms with Crippen molar-refractivity contribution in [2.75, 3.05) is 46.8 Å². The van der Waals surface area contributed by atoms with Crippen molar-refractivity contribution >= 4 is 11.9 Å². The van der Waals surface area contributed by atoms with Crippen LogP contribution in [-0.2, 0) is 4.79 Å². The third-order valence-corrected chi connectivity index (χ3v) is 2.71. The van der Waals surface area contributed by atoms with Crippen molar-refractivity contribution in [3.63, 3.8) is 0 Å². The van der Waals surface area contributed by atoms with E-state index in [1.807, 2.05) is 30.8 Å². The number of piperazine rings is 1. The van der Waals surface area contributed by atoms with Gasteiger partial charge in [0.05, 0.1) is 0 Å². The first-order valence-electron chi connectivity index (χ1n) is 5.78. The van der Waals surface area contributed by atoms with E-state index in [2.05, 4.69) is 9.89 Å². The average Bonchev–Trinajstić information content (AvgIpc) is 2.25. The van der Waals surface area contributed by atoms with E-state index in [1.54, 1.807) is 6.92 Å². The van der Waals surface area contributed by atoms with Gasteiger partial charge in [-0.25, -0.2) is 0 Å². The number of carbonyl (C=O) groups is 1. The molecule has 5 heteroatoms. The van der Waals surface area contributed by atoms with Crippen molar-refractivity contribution in [3.8, 4) is 0 Å². The van der Waals surface area contributed by atoms with E-state index in [0.717, 1.165) is 38.7 Å².